The maximum atomic E-state index is 12.8. The van der Waals surface area contributed by atoms with Gasteiger partial charge in [-0.15, -0.1) is 0 Å². The zero-order valence-electron chi connectivity index (χ0n) is 11.1. The SMILES string of the molecule is NC(=O)C(=O)N[C@H]1CCCN(Cc2ccc(F)cc2)C1. The number of carbonyl (C=O) groups excluding carboxylic acids is 2. The average molecular weight is 279 g/mol. The Morgan fingerprint density at radius 1 is 1.35 bits per heavy atom. The molecule has 1 heterocycles. The molecule has 1 aromatic rings. The maximum absolute atomic E-state index is 12.8. The van der Waals surface area contributed by atoms with E-state index in [4.69, 9.17) is 5.73 Å². The summed E-state index contributed by atoms with van der Waals surface area (Å²) in [6.45, 7) is 2.28. The van der Waals surface area contributed by atoms with Crippen LogP contribution in [0.3, 0.4) is 0 Å². The summed E-state index contributed by atoms with van der Waals surface area (Å²) in [4.78, 5) is 24.2. The van der Waals surface area contributed by atoms with Gasteiger partial charge < -0.3 is 11.1 Å². The highest BCUT2D eigenvalue weighted by Crippen LogP contribution is 2.14. The fourth-order valence-electron chi connectivity index (χ4n) is 2.42. The van der Waals surface area contributed by atoms with Gasteiger partial charge in [-0.2, -0.15) is 0 Å². The highest BCUT2D eigenvalue weighted by atomic mass is 19.1. The minimum absolute atomic E-state index is 0.0656. The average Bonchev–Trinajstić information content (AvgIpc) is 2.42. The van der Waals surface area contributed by atoms with Gasteiger partial charge in [0.05, 0.1) is 0 Å². The fraction of sp³-hybridized carbons (Fsp3) is 0.429. The zero-order valence-corrected chi connectivity index (χ0v) is 11.1. The summed E-state index contributed by atoms with van der Waals surface area (Å²) in [7, 11) is 0. The van der Waals surface area contributed by atoms with Crippen molar-refractivity contribution in [1.82, 2.24) is 10.2 Å². The molecule has 1 aliphatic rings. The summed E-state index contributed by atoms with van der Waals surface area (Å²) in [5.41, 5.74) is 5.95. The molecule has 1 saturated heterocycles. The molecule has 1 aliphatic heterocycles. The second-order valence-electron chi connectivity index (χ2n) is 5.04. The van der Waals surface area contributed by atoms with Crippen molar-refractivity contribution >= 4 is 11.8 Å². The van der Waals surface area contributed by atoms with E-state index >= 15 is 0 Å². The molecule has 6 heteroatoms. The minimum Gasteiger partial charge on any atom is -0.361 e. The molecule has 0 aliphatic carbocycles. The van der Waals surface area contributed by atoms with Gasteiger partial charge >= 0.3 is 11.8 Å². The molecule has 0 unspecified atom stereocenters. The number of nitrogens with one attached hydrogen (secondary N) is 1. The lowest BCUT2D eigenvalue weighted by Gasteiger charge is -2.32. The van der Waals surface area contributed by atoms with Crippen LogP contribution in [0.25, 0.3) is 0 Å². The number of hydrogen-bond donors (Lipinski definition) is 2. The van der Waals surface area contributed by atoms with E-state index in [-0.39, 0.29) is 11.9 Å². The second kappa shape index (κ2) is 6.47. The van der Waals surface area contributed by atoms with Crippen LogP contribution in [0.4, 0.5) is 4.39 Å². The summed E-state index contributed by atoms with van der Waals surface area (Å²) < 4.78 is 12.8. The van der Waals surface area contributed by atoms with E-state index in [0.717, 1.165) is 24.9 Å². The molecule has 0 bridgehead atoms. The molecule has 0 saturated carbocycles. The van der Waals surface area contributed by atoms with Crippen molar-refractivity contribution in [1.29, 1.82) is 0 Å². The fourth-order valence-corrected chi connectivity index (χ4v) is 2.42. The van der Waals surface area contributed by atoms with Crippen LogP contribution in [-0.2, 0) is 16.1 Å². The number of rotatable bonds is 3. The second-order valence-corrected chi connectivity index (χ2v) is 5.04. The van der Waals surface area contributed by atoms with Crippen molar-refractivity contribution < 1.29 is 14.0 Å². The molecule has 1 atom stereocenters. The van der Waals surface area contributed by atoms with Crippen LogP contribution in [0.5, 0.6) is 0 Å². The van der Waals surface area contributed by atoms with E-state index in [1.165, 1.54) is 12.1 Å². The van der Waals surface area contributed by atoms with Gasteiger partial charge in [-0.1, -0.05) is 12.1 Å². The van der Waals surface area contributed by atoms with Crippen LogP contribution in [0, 0.1) is 5.82 Å². The Balaban J connectivity index is 1.88. The first-order valence-electron chi connectivity index (χ1n) is 6.61. The van der Waals surface area contributed by atoms with E-state index < -0.39 is 11.8 Å². The van der Waals surface area contributed by atoms with E-state index in [2.05, 4.69) is 10.2 Å². The molecule has 2 rings (SSSR count). The van der Waals surface area contributed by atoms with Gasteiger partial charge in [-0.05, 0) is 37.1 Å². The molecule has 108 valence electrons. The largest absolute Gasteiger partial charge is 0.361 e. The molecule has 0 aromatic heterocycles. The van der Waals surface area contributed by atoms with Gasteiger partial charge in [0.1, 0.15) is 5.82 Å². The van der Waals surface area contributed by atoms with Gasteiger partial charge in [-0.3, -0.25) is 14.5 Å². The normalized spacial score (nSPS) is 19.6. The third kappa shape index (κ3) is 4.03. The zero-order chi connectivity index (χ0) is 14.5. The number of halogens is 1. The Labute approximate surface area is 116 Å². The first-order chi connectivity index (χ1) is 9.54. The summed E-state index contributed by atoms with van der Waals surface area (Å²) in [6, 6.07) is 6.31. The minimum atomic E-state index is -0.958. The predicted molar refractivity (Wildman–Crippen MR) is 72.0 cm³/mol. The van der Waals surface area contributed by atoms with E-state index in [9.17, 15) is 14.0 Å². The third-order valence-corrected chi connectivity index (χ3v) is 3.38. The van der Waals surface area contributed by atoms with Crippen LogP contribution in [-0.4, -0.2) is 35.8 Å². The van der Waals surface area contributed by atoms with Crippen LogP contribution >= 0.6 is 0 Å². The van der Waals surface area contributed by atoms with Crippen molar-refractivity contribution in [2.45, 2.75) is 25.4 Å². The van der Waals surface area contributed by atoms with Crippen LogP contribution < -0.4 is 11.1 Å². The molecule has 5 nitrogen and oxygen atoms in total. The van der Waals surface area contributed by atoms with Crippen LogP contribution in [0.1, 0.15) is 18.4 Å². The first-order valence-corrected chi connectivity index (χ1v) is 6.61. The lowest BCUT2D eigenvalue weighted by atomic mass is 10.0. The monoisotopic (exact) mass is 279 g/mol. The van der Waals surface area contributed by atoms with Gasteiger partial charge in [0.2, 0.25) is 0 Å². The van der Waals surface area contributed by atoms with E-state index in [0.29, 0.717) is 13.1 Å². The van der Waals surface area contributed by atoms with Gasteiger partial charge in [-0.25, -0.2) is 4.39 Å². The number of carbonyl (C=O) groups is 2. The van der Waals surface area contributed by atoms with Crippen molar-refractivity contribution in [3.05, 3.63) is 35.6 Å². The third-order valence-electron chi connectivity index (χ3n) is 3.38. The first kappa shape index (κ1) is 14.5. The van der Waals surface area contributed by atoms with E-state index in [1.54, 1.807) is 12.1 Å². The number of likely N-dealkylation sites (tertiary alicyclic amines) is 1. The quantitative estimate of drug-likeness (QED) is 0.786. The standard InChI is InChI=1S/C14H18FN3O2/c15-11-5-3-10(4-6-11)8-18-7-1-2-12(9-18)17-14(20)13(16)19/h3-6,12H,1-2,7-9H2,(H2,16,19)(H,17,20)/t12-/m0/s1. The molecule has 0 radical (unpaired) electrons. The Morgan fingerprint density at radius 2 is 2.05 bits per heavy atom. The molecule has 2 amide bonds. The van der Waals surface area contributed by atoms with Crippen LogP contribution in [0.15, 0.2) is 24.3 Å². The molecule has 3 N–H and O–H groups in total. The Kier molecular flexibility index (Phi) is 4.68. The van der Waals surface area contributed by atoms with Gasteiger partial charge in [0.25, 0.3) is 0 Å². The Hall–Kier alpha value is -1.95. The molecule has 20 heavy (non-hydrogen) atoms. The number of benzene rings is 1. The molecular formula is C14H18FN3O2. The number of hydrogen-bond acceptors (Lipinski definition) is 3. The number of nitrogens with zero attached hydrogens (tertiary/aromatic N) is 1. The predicted octanol–water partition coefficient (Wildman–Crippen LogP) is 0.392. The lowest BCUT2D eigenvalue weighted by Crippen LogP contribution is -2.50. The Morgan fingerprint density at radius 3 is 2.70 bits per heavy atom. The molecule has 1 fully saturated rings. The topological polar surface area (TPSA) is 75.4 Å². The number of primary amides is 1. The van der Waals surface area contributed by atoms with Crippen molar-refractivity contribution in [3.8, 4) is 0 Å². The smallest absolute Gasteiger partial charge is 0.309 e. The van der Waals surface area contributed by atoms with Gasteiger partial charge in [0.15, 0.2) is 0 Å². The summed E-state index contributed by atoms with van der Waals surface area (Å²) >= 11 is 0. The molecule has 0 spiro atoms. The molecular weight excluding hydrogens is 261 g/mol. The van der Waals surface area contributed by atoms with E-state index in [1.807, 2.05) is 0 Å². The molecule has 1 aromatic carbocycles. The highest BCUT2D eigenvalue weighted by Gasteiger charge is 2.22. The number of amides is 2. The van der Waals surface area contributed by atoms with Gasteiger partial charge in [0, 0.05) is 19.1 Å². The number of nitrogens with two attached hydrogens (primary N) is 1. The number of piperidine rings is 1. The maximum Gasteiger partial charge on any atom is 0.309 e. The highest BCUT2D eigenvalue weighted by molar-refractivity contribution is 6.34. The summed E-state index contributed by atoms with van der Waals surface area (Å²) in [5, 5.41) is 2.63. The van der Waals surface area contributed by atoms with Crippen LogP contribution in [0.2, 0.25) is 0 Å². The van der Waals surface area contributed by atoms with Crippen molar-refractivity contribution in [2.75, 3.05) is 13.1 Å². The summed E-state index contributed by atoms with van der Waals surface area (Å²) in [6.07, 6.45) is 1.77. The lowest BCUT2D eigenvalue weighted by molar-refractivity contribution is -0.138. The summed E-state index contributed by atoms with van der Waals surface area (Å²) in [5.74, 6) is -1.95. The Bertz CT molecular complexity index is 490. The van der Waals surface area contributed by atoms with Crippen molar-refractivity contribution in [3.63, 3.8) is 0 Å². The van der Waals surface area contributed by atoms with Crippen molar-refractivity contribution in [2.24, 2.45) is 5.73 Å².